The molecule has 0 unspecified atom stereocenters. The van der Waals surface area contributed by atoms with Crippen molar-refractivity contribution in [2.45, 2.75) is 26.2 Å². The monoisotopic (exact) mass is 423 g/mol. The smallest absolute Gasteiger partial charge is 0.162 e. The summed E-state index contributed by atoms with van der Waals surface area (Å²) in [5.74, 6) is 3.43. The summed E-state index contributed by atoms with van der Waals surface area (Å²) < 4.78 is 5.59. The molecule has 3 aromatic carbocycles. The Morgan fingerprint density at radius 3 is 2.31 bits per heavy atom. The maximum atomic E-state index is 5.59. The van der Waals surface area contributed by atoms with Gasteiger partial charge in [-0.1, -0.05) is 42.5 Å². The first-order valence-electron chi connectivity index (χ1n) is 11.6. The van der Waals surface area contributed by atoms with Crippen molar-refractivity contribution in [1.29, 1.82) is 0 Å². The minimum atomic E-state index is 0.663. The van der Waals surface area contributed by atoms with E-state index in [1.165, 1.54) is 18.4 Å². The van der Waals surface area contributed by atoms with Crippen LogP contribution in [-0.4, -0.2) is 29.7 Å². The average Bonchev–Trinajstić information content (AvgIpc) is 2.85. The fourth-order valence-corrected chi connectivity index (χ4v) is 4.59. The fraction of sp³-hybridized carbons (Fsp3) is 0.286. The molecule has 4 heteroatoms. The summed E-state index contributed by atoms with van der Waals surface area (Å²) in [6.07, 6.45) is 3.54. The van der Waals surface area contributed by atoms with Crippen LogP contribution in [0.5, 0.6) is 5.75 Å². The molecule has 0 amide bonds. The molecule has 5 rings (SSSR count). The van der Waals surface area contributed by atoms with E-state index in [0.29, 0.717) is 6.61 Å². The van der Waals surface area contributed by atoms with Crippen molar-refractivity contribution in [1.82, 2.24) is 9.97 Å². The lowest BCUT2D eigenvalue weighted by atomic mass is 9.90. The first kappa shape index (κ1) is 20.5. The van der Waals surface area contributed by atoms with E-state index < -0.39 is 0 Å². The summed E-state index contributed by atoms with van der Waals surface area (Å²) in [6.45, 7) is 4.72. The van der Waals surface area contributed by atoms with E-state index in [0.717, 1.165) is 59.3 Å². The van der Waals surface area contributed by atoms with Crippen molar-refractivity contribution in [3.8, 4) is 17.1 Å². The Balaban J connectivity index is 1.40. The standard InChI is InChI=1S/C28H29N3O/c1-2-32-24-14-12-23(13-15-24)27-29-26-11-7-6-10-25(26)28(30-27)31-18-16-22(17-19-31)20-21-8-4-3-5-9-21/h3-15,22H,2,16-20H2,1H3. The molecule has 2 heterocycles. The van der Waals surface area contributed by atoms with E-state index in [4.69, 9.17) is 14.7 Å². The molecule has 4 nitrogen and oxygen atoms in total. The molecular weight excluding hydrogens is 394 g/mol. The second-order valence-corrected chi connectivity index (χ2v) is 8.47. The van der Waals surface area contributed by atoms with Crippen molar-refractivity contribution in [2.24, 2.45) is 5.92 Å². The number of hydrogen-bond donors (Lipinski definition) is 0. The van der Waals surface area contributed by atoms with E-state index in [-0.39, 0.29) is 0 Å². The number of para-hydroxylation sites is 1. The summed E-state index contributed by atoms with van der Waals surface area (Å²) >= 11 is 0. The van der Waals surface area contributed by atoms with Crippen LogP contribution in [0.2, 0.25) is 0 Å². The molecule has 0 spiro atoms. The number of nitrogens with zero attached hydrogens (tertiary/aromatic N) is 3. The number of fused-ring (bicyclic) bond motifs is 1. The predicted octanol–water partition coefficient (Wildman–Crippen LogP) is 6.15. The summed E-state index contributed by atoms with van der Waals surface area (Å²) in [4.78, 5) is 12.4. The molecule has 1 aliphatic rings. The van der Waals surface area contributed by atoms with Crippen LogP contribution in [0.1, 0.15) is 25.3 Å². The van der Waals surface area contributed by atoms with Gasteiger partial charge in [0.05, 0.1) is 12.1 Å². The Morgan fingerprint density at radius 1 is 0.844 bits per heavy atom. The molecule has 0 aliphatic carbocycles. The van der Waals surface area contributed by atoms with Gasteiger partial charge in [0.2, 0.25) is 0 Å². The Bertz CT molecular complexity index is 1170. The molecule has 162 valence electrons. The molecule has 32 heavy (non-hydrogen) atoms. The number of anilines is 1. The summed E-state index contributed by atoms with van der Waals surface area (Å²) in [5.41, 5.74) is 3.45. The van der Waals surface area contributed by atoms with Gasteiger partial charge in [-0.3, -0.25) is 0 Å². The van der Waals surface area contributed by atoms with Crippen molar-refractivity contribution >= 4 is 16.7 Å². The third-order valence-electron chi connectivity index (χ3n) is 6.29. The van der Waals surface area contributed by atoms with Crippen molar-refractivity contribution in [3.05, 3.63) is 84.4 Å². The SMILES string of the molecule is CCOc1ccc(-c2nc(N3CCC(Cc4ccccc4)CC3)c3ccccc3n2)cc1. The summed E-state index contributed by atoms with van der Waals surface area (Å²) in [6, 6.07) is 27.3. The predicted molar refractivity (Wildman–Crippen MR) is 131 cm³/mol. The highest BCUT2D eigenvalue weighted by molar-refractivity contribution is 5.91. The lowest BCUT2D eigenvalue weighted by molar-refractivity contribution is 0.340. The molecule has 0 radical (unpaired) electrons. The zero-order valence-corrected chi connectivity index (χ0v) is 18.6. The lowest BCUT2D eigenvalue weighted by Gasteiger charge is -2.33. The normalized spacial score (nSPS) is 14.6. The molecule has 0 atom stereocenters. The topological polar surface area (TPSA) is 38.2 Å². The zero-order valence-electron chi connectivity index (χ0n) is 18.6. The Hall–Kier alpha value is -3.40. The Labute approximate surface area is 189 Å². The quantitative estimate of drug-likeness (QED) is 0.373. The van der Waals surface area contributed by atoms with Crippen LogP contribution < -0.4 is 9.64 Å². The van der Waals surface area contributed by atoms with E-state index in [2.05, 4.69) is 53.4 Å². The lowest BCUT2D eigenvalue weighted by Crippen LogP contribution is -2.35. The fourth-order valence-electron chi connectivity index (χ4n) is 4.59. The Morgan fingerprint density at radius 2 is 1.56 bits per heavy atom. The highest BCUT2D eigenvalue weighted by Gasteiger charge is 2.23. The van der Waals surface area contributed by atoms with Crippen molar-refractivity contribution in [2.75, 3.05) is 24.6 Å². The van der Waals surface area contributed by atoms with Crippen LogP contribution in [-0.2, 0) is 6.42 Å². The van der Waals surface area contributed by atoms with Crippen LogP contribution in [0.25, 0.3) is 22.3 Å². The zero-order chi connectivity index (χ0) is 21.8. The molecule has 1 aromatic heterocycles. The van der Waals surface area contributed by atoms with Gasteiger partial charge in [-0.25, -0.2) is 9.97 Å². The molecule has 0 saturated carbocycles. The van der Waals surface area contributed by atoms with Gasteiger partial charge in [-0.2, -0.15) is 0 Å². The number of piperidine rings is 1. The van der Waals surface area contributed by atoms with Crippen molar-refractivity contribution in [3.63, 3.8) is 0 Å². The van der Waals surface area contributed by atoms with Crippen molar-refractivity contribution < 1.29 is 4.74 Å². The molecular formula is C28H29N3O. The van der Waals surface area contributed by atoms with Gasteiger partial charge in [0.15, 0.2) is 5.82 Å². The number of aromatic nitrogens is 2. The molecule has 0 N–H and O–H groups in total. The maximum absolute atomic E-state index is 5.59. The summed E-state index contributed by atoms with van der Waals surface area (Å²) in [5, 5.41) is 1.13. The summed E-state index contributed by atoms with van der Waals surface area (Å²) in [7, 11) is 0. The van der Waals surface area contributed by atoms with E-state index in [9.17, 15) is 0 Å². The third kappa shape index (κ3) is 4.45. The van der Waals surface area contributed by atoms with Crippen LogP contribution in [0.15, 0.2) is 78.9 Å². The van der Waals surface area contributed by atoms with Gasteiger partial charge in [0.1, 0.15) is 11.6 Å². The second-order valence-electron chi connectivity index (χ2n) is 8.47. The highest BCUT2D eigenvalue weighted by Crippen LogP contribution is 2.31. The first-order chi connectivity index (χ1) is 15.8. The molecule has 1 fully saturated rings. The molecule has 1 saturated heterocycles. The van der Waals surface area contributed by atoms with Gasteiger partial charge in [-0.05, 0) is 74.1 Å². The highest BCUT2D eigenvalue weighted by atomic mass is 16.5. The number of benzene rings is 3. The van der Waals surface area contributed by atoms with E-state index >= 15 is 0 Å². The number of ether oxygens (including phenoxy) is 1. The third-order valence-corrected chi connectivity index (χ3v) is 6.29. The number of hydrogen-bond acceptors (Lipinski definition) is 4. The van der Waals surface area contributed by atoms with Crippen LogP contribution in [0.4, 0.5) is 5.82 Å². The largest absolute Gasteiger partial charge is 0.494 e. The first-order valence-corrected chi connectivity index (χ1v) is 11.6. The minimum absolute atomic E-state index is 0.663. The number of rotatable bonds is 6. The average molecular weight is 424 g/mol. The second kappa shape index (κ2) is 9.39. The van der Waals surface area contributed by atoms with Gasteiger partial charge in [-0.15, -0.1) is 0 Å². The molecule has 0 bridgehead atoms. The van der Waals surface area contributed by atoms with E-state index in [1.807, 2.05) is 37.3 Å². The van der Waals surface area contributed by atoms with E-state index in [1.54, 1.807) is 0 Å². The van der Waals surface area contributed by atoms with Crippen LogP contribution >= 0.6 is 0 Å². The van der Waals surface area contributed by atoms with Gasteiger partial charge in [0.25, 0.3) is 0 Å². The molecule has 1 aliphatic heterocycles. The maximum Gasteiger partial charge on any atom is 0.162 e. The van der Waals surface area contributed by atoms with Gasteiger partial charge in [0, 0.05) is 24.0 Å². The molecule has 4 aromatic rings. The van der Waals surface area contributed by atoms with Crippen LogP contribution in [0.3, 0.4) is 0 Å². The van der Waals surface area contributed by atoms with Gasteiger partial charge < -0.3 is 9.64 Å². The van der Waals surface area contributed by atoms with Crippen LogP contribution in [0, 0.1) is 5.92 Å². The van der Waals surface area contributed by atoms with Gasteiger partial charge >= 0.3 is 0 Å². The minimum Gasteiger partial charge on any atom is -0.494 e. The Kier molecular flexibility index (Phi) is 6.02.